The summed E-state index contributed by atoms with van der Waals surface area (Å²) in [7, 11) is 0.284. The van der Waals surface area contributed by atoms with E-state index < -0.39 is 10.1 Å². The van der Waals surface area contributed by atoms with E-state index in [0.717, 1.165) is 30.4 Å². The van der Waals surface area contributed by atoms with Crippen LogP contribution in [0, 0.1) is 0 Å². The summed E-state index contributed by atoms with van der Waals surface area (Å²) in [6.45, 7) is 7.58. The van der Waals surface area contributed by atoms with E-state index in [4.69, 9.17) is 4.55 Å². The fraction of sp³-hybridized carbons (Fsp3) is 0.769. The molecule has 0 atom stereocenters. The van der Waals surface area contributed by atoms with E-state index in [2.05, 4.69) is 26.0 Å². The quantitative estimate of drug-likeness (QED) is 0.265. The summed E-state index contributed by atoms with van der Waals surface area (Å²) in [6, 6.07) is 0. The predicted octanol–water partition coefficient (Wildman–Crippen LogP) is 0.636. The number of hydrogen-bond donors (Lipinski definition) is 2. The summed E-state index contributed by atoms with van der Waals surface area (Å²) in [5.41, 5.74) is 0.504. The summed E-state index contributed by atoms with van der Waals surface area (Å²) in [6.07, 6.45) is 2.06. The molecule has 0 fully saturated rings. The van der Waals surface area contributed by atoms with E-state index in [-0.39, 0.29) is 17.1 Å². The molecule has 0 aromatic carbocycles. The number of carbonyl (C=O) groups excluding carboxylic acids is 1. The highest BCUT2D eigenvalue weighted by molar-refractivity contribution is 7.85. The van der Waals surface area contributed by atoms with Crippen molar-refractivity contribution in [3.8, 4) is 0 Å². The molecule has 0 unspecified atom stereocenters. The van der Waals surface area contributed by atoms with Crippen molar-refractivity contribution < 1.29 is 27.7 Å². The summed E-state index contributed by atoms with van der Waals surface area (Å²) in [5.74, 6) is -0.301. The zero-order chi connectivity index (χ0) is 15.8. The lowest BCUT2D eigenvalue weighted by Crippen LogP contribution is -2.42. The third-order valence-electron chi connectivity index (χ3n) is 3.03. The second-order valence-electron chi connectivity index (χ2n) is 5.77. The number of quaternary nitrogens is 1. The van der Waals surface area contributed by atoms with Gasteiger partial charge in [0.15, 0.2) is 0 Å². The van der Waals surface area contributed by atoms with Crippen LogP contribution in [0.15, 0.2) is 12.2 Å². The first-order valence-electron chi connectivity index (χ1n) is 6.74. The molecule has 0 aliphatic carbocycles. The maximum atomic E-state index is 11.3. The number of unbranched alkanes of at least 4 members (excludes halogenated alkanes) is 1. The number of carbonyl (C=O) groups is 1. The molecule has 7 nitrogen and oxygen atoms in total. The zero-order valence-electron chi connectivity index (χ0n) is 13.1. The van der Waals surface area contributed by atoms with Crippen LogP contribution in [-0.4, -0.2) is 68.3 Å². The van der Waals surface area contributed by atoms with Gasteiger partial charge in [-0.1, -0.05) is 6.58 Å². The van der Waals surface area contributed by atoms with Crippen molar-refractivity contribution in [1.29, 1.82) is 0 Å². The van der Waals surface area contributed by atoms with E-state index in [1.807, 2.05) is 0 Å². The fourth-order valence-corrected chi connectivity index (χ4v) is 2.36. The van der Waals surface area contributed by atoms with Crippen molar-refractivity contribution in [2.24, 2.45) is 0 Å². The molecule has 1 amide bonds. The number of nitrogens with zero attached hydrogens (tertiary/aromatic N) is 1. The molecule has 0 aromatic heterocycles. The van der Waals surface area contributed by atoms with Crippen LogP contribution in [0.2, 0.25) is 0 Å². The first kappa shape index (κ1) is 22.3. The SMILES string of the molecule is C=C(C)C(=O)NCCC[N+](C)(C)CCCCS(=O)(=O)O.[OH-]. The van der Waals surface area contributed by atoms with Gasteiger partial charge in [-0.2, -0.15) is 8.42 Å². The van der Waals surface area contributed by atoms with Gasteiger partial charge in [0, 0.05) is 18.5 Å². The Morgan fingerprint density at radius 2 is 1.71 bits per heavy atom. The van der Waals surface area contributed by atoms with Gasteiger partial charge in [0.1, 0.15) is 0 Å². The third kappa shape index (κ3) is 13.8. The average Bonchev–Trinajstić information content (AvgIpc) is 2.29. The Kier molecular flexibility index (Phi) is 10.5. The van der Waals surface area contributed by atoms with Crippen molar-refractivity contribution in [3.05, 3.63) is 12.2 Å². The van der Waals surface area contributed by atoms with Crippen LogP contribution in [0.1, 0.15) is 26.2 Å². The summed E-state index contributed by atoms with van der Waals surface area (Å²) >= 11 is 0. The maximum absolute atomic E-state index is 11.3. The molecule has 0 heterocycles. The second-order valence-corrected chi connectivity index (χ2v) is 7.34. The van der Waals surface area contributed by atoms with Crippen LogP contribution >= 0.6 is 0 Å². The minimum Gasteiger partial charge on any atom is -0.870 e. The first-order chi connectivity index (χ1) is 9.03. The largest absolute Gasteiger partial charge is 0.870 e. The topological polar surface area (TPSA) is 113 Å². The Morgan fingerprint density at radius 3 is 2.19 bits per heavy atom. The molecule has 0 aromatic rings. The highest BCUT2D eigenvalue weighted by atomic mass is 32.2. The van der Waals surface area contributed by atoms with Gasteiger partial charge in [0.05, 0.1) is 32.9 Å². The van der Waals surface area contributed by atoms with Gasteiger partial charge in [-0.25, -0.2) is 0 Å². The smallest absolute Gasteiger partial charge is 0.264 e. The molecule has 0 bridgehead atoms. The van der Waals surface area contributed by atoms with Gasteiger partial charge in [0.2, 0.25) is 5.91 Å². The predicted molar refractivity (Wildman–Crippen MR) is 81.9 cm³/mol. The molecule has 3 N–H and O–H groups in total. The van der Waals surface area contributed by atoms with Crippen LogP contribution < -0.4 is 5.32 Å². The third-order valence-corrected chi connectivity index (χ3v) is 3.83. The Balaban J connectivity index is 0. The van der Waals surface area contributed by atoms with Crippen LogP contribution in [0.3, 0.4) is 0 Å². The van der Waals surface area contributed by atoms with Gasteiger partial charge in [-0.15, -0.1) is 0 Å². The molecule has 0 spiro atoms. The average molecular weight is 324 g/mol. The molecule has 0 saturated carbocycles. The Hall–Kier alpha value is -0.960. The highest BCUT2D eigenvalue weighted by Crippen LogP contribution is 2.04. The van der Waals surface area contributed by atoms with E-state index in [0.29, 0.717) is 18.5 Å². The van der Waals surface area contributed by atoms with Crippen LogP contribution in [0.4, 0.5) is 0 Å². The van der Waals surface area contributed by atoms with Crippen LogP contribution in [0.5, 0.6) is 0 Å². The monoisotopic (exact) mass is 324 g/mol. The minimum absolute atomic E-state index is 0. The van der Waals surface area contributed by atoms with E-state index >= 15 is 0 Å². The number of hydrogen-bond acceptors (Lipinski definition) is 4. The molecule has 21 heavy (non-hydrogen) atoms. The summed E-state index contributed by atoms with van der Waals surface area (Å²) < 4.78 is 30.6. The number of amides is 1. The molecule has 0 aliphatic rings. The normalized spacial score (nSPS) is 11.6. The van der Waals surface area contributed by atoms with E-state index in [9.17, 15) is 13.2 Å². The van der Waals surface area contributed by atoms with Gasteiger partial charge in [0.25, 0.3) is 10.1 Å². The van der Waals surface area contributed by atoms with Crippen molar-refractivity contribution in [2.75, 3.05) is 39.5 Å². The molecule has 0 radical (unpaired) electrons. The Labute approximate surface area is 127 Å². The minimum atomic E-state index is -3.84. The lowest BCUT2D eigenvalue weighted by Gasteiger charge is -2.29. The first-order valence-corrected chi connectivity index (χ1v) is 8.35. The second kappa shape index (κ2) is 9.88. The lowest BCUT2D eigenvalue weighted by molar-refractivity contribution is -0.890. The number of rotatable bonds is 10. The molecule has 0 rings (SSSR count). The standard InChI is InChI=1S/C13H26N2O4S.H2O/c1-12(2)13(16)14-8-7-10-15(3,4)9-5-6-11-20(17,18)19;/h1,5-11H2,2-4H3,(H-,14,16,17,18,19);1H2. The number of nitrogens with one attached hydrogen (secondary N) is 1. The fourth-order valence-electron chi connectivity index (χ4n) is 1.80. The molecular formula is C13H28N2O5S. The zero-order valence-corrected chi connectivity index (χ0v) is 13.9. The molecule has 126 valence electrons. The van der Waals surface area contributed by atoms with Crippen molar-refractivity contribution in [2.45, 2.75) is 26.2 Å². The van der Waals surface area contributed by atoms with Gasteiger partial charge in [-0.3, -0.25) is 9.35 Å². The molecule has 0 aliphatic heterocycles. The van der Waals surface area contributed by atoms with Gasteiger partial charge < -0.3 is 15.3 Å². The van der Waals surface area contributed by atoms with Crippen molar-refractivity contribution >= 4 is 16.0 Å². The highest BCUT2D eigenvalue weighted by Gasteiger charge is 2.15. The van der Waals surface area contributed by atoms with Crippen molar-refractivity contribution in [3.63, 3.8) is 0 Å². The molecule has 0 saturated heterocycles. The van der Waals surface area contributed by atoms with E-state index in [1.165, 1.54) is 0 Å². The van der Waals surface area contributed by atoms with Crippen LogP contribution in [0.25, 0.3) is 0 Å². The lowest BCUT2D eigenvalue weighted by atomic mass is 10.2. The Bertz CT molecular complexity index is 432. The maximum Gasteiger partial charge on any atom is 0.264 e. The van der Waals surface area contributed by atoms with Crippen LogP contribution in [-0.2, 0) is 14.9 Å². The summed E-state index contributed by atoms with van der Waals surface area (Å²) in [5, 5.41) is 2.78. The van der Waals surface area contributed by atoms with E-state index in [1.54, 1.807) is 6.92 Å². The van der Waals surface area contributed by atoms with Crippen molar-refractivity contribution in [1.82, 2.24) is 5.32 Å². The molecular weight excluding hydrogens is 296 g/mol. The molecule has 8 heteroatoms. The Morgan fingerprint density at radius 1 is 1.19 bits per heavy atom. The summed E-state index contributed by atoms with van der Waals surface area (Å²) in [4.78, 5) is 11.3. The van der Waals surface area contributed by atoms with Gasteiger partial charge >= 0.3 is 0 Å². The van der Waals surface area contributed by atoms with Gasteiger partial charge in [-0.05, 0) is 19.8 Å².